The van der Waals surface area contributed by atoms with Crippen LogP contribution in [0.15, 0.2) is 48.5 Å². The number of benzene rings is 2. The number of anilines is 1. The summed E-state index contributed by atoms with van der Waals surface area (Å²) in [6.45, 7) is 0.119. The van der Waals surface area contributed by atoms with Crippen molar-refractivity contribution in [3.63, 3.8) is 0 Å². The minimum atomic E-state index is -3.65. The van der Waals surface area contributed by atoms with Gasteiger partial charge in [-0.15, -0.1) is 0 Å². The highest BCUT2D eigenvalue weighted by atomic mass is 32.2. The molecule has 2 rings (SSSR count). The Labute approximate surface area is 165 Å². The average Bonchev–Trinajstić information content (AvgIpc) is 2.68. The van der Waals surface area contributed by atoms with Gasteiger partial charge in [0.2, 0.25) is 15.9 Å². The summed E-state index contributed by atoms with van der Waals surface area (Å²) >= 11 is 0. The maximum Gasteiger partial charge on any atom is 0.240 e. The molecule has 0 radical (unpaired) electrons. The maximum atomic E-state index is 12.2. The van der Waals surface area contributed by atoms with Gasteiger partial charge in [0.1, 0.15) is 30.4 Å². The molecule has 8 nitrogen and oxygen atoms in total. The van der Waals surface area contributed by atoms with E-state index in [0.717, 1.165) is 10.6 Å². The van der Waals surface area contributed by atoms with E-state index >= 15 is 0 Å². The molecule has 0 atom stereocenters. The first-order valence-electron chi connectivity index (χ1n) is 8.49. The van der Waals surface area contributed by atoms with Crippen LogP contribution in [0.4, 0.5) is 5.69 Å². The van der Waals surface area contributed by atoms with Gasteiger partial charge in [-0.25, -0.2) is 8.42 Å². The Kier molecular flexibility index (Phi) is 7.51. The molecule has 0 aliphatic heterocycles. The van der Waals surface area contributed by atoms with E-state index in [-0.39, 0.29) is 19.7 Å². The fourth-order valence-corrected chi connectivity index (χ4v) is 3.25. The number of hydrogen-bond acceptors (Lipinski definition) is 6. The Morgan fingerprint density at radius 1 is 1.00 bits per heavy atom. The third-order valence-electron chi connectivity index (χ3n) is 3.76. The molecule has 2 aromatic carbocycles. The highest BCUT2D eigenvalue weighted by Gasteiger charge is 2.21. The molecule has 28 heavy (non-hydrogen) atoms. The summed E-state index contributed by atoms with van der Waals surface area (Å²) < 4.78 is 41.0. The van der Waals surface area contributed by atoms with Gasteiger partial charge in [0.05, 0.1) is 32.7 Å². The molecular weight excluding hydrogens is 384 g/mol. The van der Waals surface area contributed by atoms with E-state index in [4.69, 9.17) is 14.2 Å². The topological polar surface area (TPSA) is 94.2 Å². The predicted molar refractivity (Wildman–Crippen MR) is 107 cm³/mol. The van der Waals surface area contributed by atoms with Gasteiger partial charge < -0.3 is 19.5 Å². The Morgan fingerprint density at radius 3 is 2.25 bits per heavy atom. The van der Waals surface area contributed by atoms with Crippen LogP contribution in [0.5, 0.6) is 17.2 Å². The molecule has 2 aromatic rings. The van der Waals surface area contributed by atoms with Crippen molar-refractivity contribution in [3.05, 3.63) is 48.5 Å². The van der Waals surface area contributed by atoms with E-state index in [1.165, 1.54) is 7.11 Å². The van der Waals surface area contributed by atoms with E-state index < -0.39 is 15.9 Å². The van der Waals surface area contributed by atoms with Gasteiger partial charge in [-0.3, -0.25) is 9.10 Å². The van der Waals surface area contributed by atoms with Gasteiger partial charge in [0, 0.05) is 12.1 Å². The lowest BCUT2D eigenvalue weighted by molar-refractivity contribution is -0.119. The zero-order valence-corrected chi connectivity index (χ0v) is 16.9. The number of amides is 1. The molecule has 0 unspecified atom stereocenters. The molecule has 0 aliphatic carbocycles. The smallest absolute Gasteiger partial charge is 0.240 e. The largest absolute Gasteiger partial charge is 0.497 e. The minimum absolute atomic E-state index is 0.228. The molecular formula is C19H24N2O6S. The van der Waals surface area contributed by atoms with Gasteiger partial charge in [-0.1, -0.05) is 12.1 Å². The highest BCUT2D eigenvalue weighted by Crippen LogP contribution is 2.23. The van der Waals surface area contributed by atoms with Crippen LogP contribution in [0.3, 0.4) is 0 Å². The number of ether oxygens (including phenoxy) is 3. The summed E-state index contributed by atoms with van der Waals surface area (Å²) in [6, 6.07) is 13.6. The Morgan fingerprint density at radius 2 is 1.61 bits per heavy atom. The molecule has 0 fully saturated rings. The molecule has 152 valence electrons. The fourth-order valence-electron chi connectivity index (χ4n) is 2.40. The first-order valence-corrected chi connectivity index (χ1v) is 10.3. The molecule has 0 bridgehead atoms. The van der Waals surface area contributed by atoms with Crippen LogP contribution in [0.1, 0.15) is 0 Å². The summed E-state index contributed by atoms with van der Waals surface area (Å²) in [5.41, 5.74) is 0.352. The van der Waals surface area contributed by atoms with Crippen molar-refractivity contribution < 1.29 is 27.4 Å². The molecule has 0 saturated heterocycles. The number of nitrogens with zero attached hydrogens (tertiary/aromatic N) is 1. The van der Waals surface area contributed by atoms with Gasteiger partial charge >= 0.3 is 0 Å². The lowest BCUT2D eigenvalue weighted by atomic mass is 10.3. The van der Waals surface area contributed by atoms with Crippen LogP contribution < -0.4 is 23.8 Å². The van der Waals surface area contributed by atoms with Crippen LogP contribution in [0.25, 0.3) is 0 Å². The third kappa shape index (κ3) is 6.34. The Bertz CT molecular complexity index is 901. The normalized spacial score (nSPS) is 10.8. The lowest BCUT2D eigenvalue weighted by Crippen LogP contribution is -2.41. The third-order valence-corrected chi connectivity index (χ3v) is 4.90. The molecule has 9 heteroatoms. The number of hydrogen-bond donors (Lipinski definition) is 1. The first-order chi connectivity index (χ1) is 13.3. The van der Waals surface area contributed by atoms with Gasteiger partial charge in [0.15, 0.2) is 0 Å². The van der Waals surface area contributed by atoms with Crippen molar-refractivity contribution >= 4 is 21.6 Å². The van der Waals surface area contributed by atoms with Crippen molar-refractivity contribution in [1.29, 1.82) is 0 Å². The maximum absolute atomic E-state index is 12.2. The Balaban J connectivity index is 1.91. The molecule has 0 aliphatic rings. The van der Waals surface area contributed by atoms with Gasteiger partial charge in [-0.2, -0.15) is 0 Å². The number of rotatable bonds is 10. The number of methoxy groups -OCH3 is 2. The number of sulfonamides is 1. The van der Waals surface area contributed by atoms with Crippen LogP contribution in [-0.4, -0.2) is 54.5 Å². The van der Waals surface area contributed by atoms with E-state index in [1.54, 1.807) is 55.6 Å². The van der Waals surface area contributed by atoms with Crippen molar-refractivity contribution in [2.45, 2.75) is 0 Å². The number of carbonyl (C=O) groups excluding carboxylic acids is 1. The summed E-state index contributed by atoms with van der Waals surface area (Å²) in [5.74, 6) is 1.34. The van der Waals surface area contributed by atoms with Gasteiger partial charge in [-0.05, 0) is 24.3 Å². The number of carbonyl (C=O) groups is 1. The first kappa shape index (κ1) is 21.4. The van der Waals surface area contributed by atoms with E-state index in [9.17, 15) is 13.2 Å². The molecule has 0 heterocycles. The van der Waals surface area contributed by atoms with Crippen LogP contribution in [0, 0.1) is 0 Å². The van der Waals surface area contributed by atoms with E-state index in [0.29, 0.717) is 22.9 Å². The monoisotopic (exact) mass is 408 g/mol. The van der Waals surface area contributed by atoms with Gasteiger partial charge in [0.25, 0.3) is 0 Å². The standard InChI is InChI=1S/C19H24N2O6S/c1-25-16-7-4-6-15(12-16)21(28(3,23)24)14-19(22)20-10-11-27-18-9-5-8-17(13-18)26-2/h4-9,12-13H,10-11,14H2,1-3H3,(H,20,22). The summed E-state index contributed by atoms with van der Waals surface area (Å²) in [4.78, 5) is 12.2. The van der Waals surface area contributed by atoms with Crippen molar-refractivity contribution in [1.82, 2.24) is 5.32 Å². The molecule has 0 aromatic heterocycles. The van der Waals surface area contributed by atoms with Crippen LogP contribution in [-0.2, 0) is 14.8 Å². The zero-order chi connectivity index (χ0) is 20.6. The minimum Gasteiger partial charge on any atom is -0.497 e. The fraction of sp³-hybridized carbons (Fsp3) is 0.316. The summed E-state index contributed by atoms with van der Waals surface area (Å²) in [7, 11) is -0.598. The second kappa shape index (κ2) is 9.84. The second-order valence-electron chi connectivity index (χ2n) is 5.85. The molecule has 0 spiro atoms. The highest BCUT2D eigenvalue weighted by molar-refractivity contribution is 7.92. The van der Waals surface area contributed by atoms with Crippen molar-refractivity contribution in [2.75, 3.05) is 44.5 Å². The summed E-state index contributed by atoms with van der Waals surface area (Å²) in [5, 5.41) is 2.65. The predicted octanol–water partition coefficient (Wildman–Crippen LogP) is 1.66. The second-order valence-corrected chi connectivity index (χ2v) is 7.76. The molecule has 1 N–H and O–H groups in total. The summed E-state index contributed by atoms with van der Waals surface area (Å²) in [6.07, 6.45) is 1.05. The SMILES string of the molecule is COc1cccc(OCCNC(=O)CN(c2cccc(OC)c2)S(C)(=O)=O)c1. The zero-order valence-electron chi connectivity index (χ0n) is 16.0. The quantitative estimate of drug-likeness (QED) is 0.601. The van der Waals surface area contributed by atoms with Crippen LogP contribution in [0.2, 0.25) is 0 Å². The molecule has 1 amide bonds. The van der Waals surface area contributed by atoms with Crippen LogP contribution >= 0.6 is 0 Å². The number of nitrogens with one attached hydrogen (secondary N) is 1. The molecule has 0 saturated carbocycles. The van der Waals surface area contributed by atoms with E-state index in [1.807, 2.05) is 0 Å². The average molecular weight is 408 g/mol. The van der Waals surface area contributed by atoms with Crippen molar-refractivity contribution in [3.8, 4) is 17.2 Å². The lowest BCUT2D eigenvalue weighted by Gasteiger charge is -2.22. The Hall–Kier alpha value is -2.94. The van der Waals surface area contributed by atoms with Crippen molar-refractivity contribution in [2.24, 2.45) is 0 Å². The van der Waals surface area contributed by atoms with E-state index in [2.05, 4.69) is 5.32 Å².